The summed E-state index contributed by atoms with van der Waals surface area (Å²) in [6.45, 7) is 1.83. The van der Waals surface area contributed by atoms with Crippen LogP contribution in [0.15, 0.2) is 91.0 Å². The smallest absolute Gasteiger partial charge is 0.407 e. The first kappa shape index (κ1) is 30.5. The molecule has 1 aliphatic heterocycles. The fourth-order valence-corrected chi connectivity index (χ4v) is 5.96. The zero-order chi connectivity index (χ0) is 31.2. The van der Waals surface area contributed by atoms with Crippen LogP contribution < -0.4 is 5.32 Å². The van der Waals surface area contributed by atoms with Crippen molar-refractivity contribution in [2.24, 2.45) is 5.92 Å². The lowest BCUT2D eigenvalue weighted by molar-refractivity contribution is -0.158. The molecule has 228 valence electrons. The standard InChI is InChI=1S/C35H36N2O7/c1-22-32(23-12-4-3-5-13-23)44-34(41)30(19-11-6-14-24(20-31(38)39)33(40)37(22)2)36-35(42)43-21-29-27-17-9-7-15-25(27)26-16-8-10-18-28(26)29/h3-13,15-18,22,24,29-30,32H,14,19-21H2,1-2H3,(H,36,42)(H,38,39)/t22-,24-,30-,32-/m0/s1. The molecular weight excluding hydrogens is 560 g/mol. The van der Waals surface area contributed by atoms with Gasteiger partial charge in [-0.25, -0.2) is 9.59 Å². The van der Waals surface area contributed by atoms with Gasteiger partial charge in [0.1, 0.15) is 18.8 Å². The Morgan fingerprint density at radius 2 is 1.50 bits per heavy atom. The quantitative estimate of drug-likeness (QED) is 0.286. The number of carboxylic acids is 1. The van der Waals surface area contributed by atoms with Gasteiger partial charge in [0.25, 0.3) is 0 Å². The van der Waals surface area contributed by atoms with Crippen molar-refractivity contribution >= 4 is 23.9 Å². The molecule has 0 unspecified atom stereocenters. The second-order valence-electron chi connectivity index (χ2n) is 11.2. The van der Waals surface area contributed by atoms with Crippen LogP contribution in [0.4, 0.5) is 4.79 Å². The van der Waals surface area contributed by atoms with Crippen LogP contribution in [0.3, 0.4) is 0 Å². The average molecular weight is 597 g/mol. The number of nitrogens with one attached hydrogen (secondary N) is 1. The highest BCUT2D eigenvalue weighted by Gasteiger charge is 2.35. The number of ether oxygens (including phenoxy) is 2. The highest BCUT2D eigenvalue weighted by atomic mass is 16.6. The minimum Gasteiger partial charge on any atom is -0.481 e. The van der Waals surface area contributed by atoms with Gasteiger partial charge >= 0.3 is 18.0 Å². The SMILES string of the molecule is C[C@H]1[C@@H](c2ccccc2)OC(=O)[C@@H](NC(=O)OCC2c3ccccc3-c3ccccc32)CC=CC[C@@H](CC(=O)O)C(=O)N1C. The summed E-state index contributed by atoms with van der Waals surface area (Å²) in [6.07, 6.45) is 1.61. The van der Waals surface area contributed by atoms with E-state index in [1.165, 1.54) is 4.90 Å². The number of esters is 1. The minimum atomic E-state index is -1.08. The molecule has 0 spiro atoms. The third-order valence-electron chi connectivity index (χ3n) is 8.42. The van der Waals surface area contributed by atoms with Crippen molar-refractivity contribution in [3.8, 4) is 11.1 Å². The van der Waals surface area contributed by atoms with Gasteiger partial charge in [0.05, 0.1) is 18.4 Å². The Balaban J connectivity index is 1.35. The van der Waals surface area contributed by atoms with E-state index >= 15 is 0 Å². The summed E-state index contributed by atoms with van der Waals surface area (Å²) >= 11 is 0. The second kappa shape index (κ2) is 13.6. The molecule has 2 amide bonds. The van der Waals surface area contributed by atoms with Crippen molar-refractivity contribution in [3.63, 3.8) is 0 Å². The van der Waals surface area contributed by atoms with Gasteiger partial charge in [-0.1, -0.05) is 91.0 Å². The Hall–Kier alpha value is -4.92. The van der Waals surface area contributed by atoms with Crippen LogP contribution in [-0.4, -0.2) is 59.7 Å². The van der Waals surface area contributed by atoms with E-state index in [4.69, 9.17) is 9.47 Å². The highest BCUT2D eigenvalue weighted by molar-refractivity contribution is 5.84. The number of carbonyl (C=O) groups excluding carboxylic acids is 3. The zero-order valence-electron chi connectivity index (χ0n) is 24.7. The first-order valence-corrected chi connectivity index (χ1v) is 14.7. The Morgan fingerprint density at radius 3 is 2.14 bits per heavy atom. The number of benzene rings is 3. The largest absolute Gasteiger partial charge is 0.481 e. The van der Waals surface area contributed by atoms with Gasteiger partial charge < -0.3 is 24.8 Å². The Bertz CT molecular complexity index is 1510. The molecule has 3 aromatic carbocycles. The normalized spacial score (nSPS) is 22.2. The molecule has 2 aliphatic rings. The molecule has 4 atom stereocenters. The molecule has 9 heteroatoms. The molecule has 5 rings (SSSR count). The van der Waals surface area contributed by atoms with Crippen LogP contribution in [-0.2, 0) is 23.9 Å². The number of amides is 2. The van der Waals surface area contributed by atoms with E-state index in [0.29, 0.717) is 5.56 Å². The van der Waals surface area contributed by atoms with Crippen molar-refractivity contribution in [2.45, 2.75) is 50.3 Å². The minimum absolute atomic E-state index is 0.0722. The van der Waals surface area contributed by atoms with Crippen LogP contribution in [0.1, 0.15) is 54.9 Å². The third kappa shape index (κ3) is 6.67. The molecule has 0 aromatic heterocycles. The van der Waals surface area contributed by atoms with E-state index in [0.717, 1.165) is 22.3 Å². The maximum atomic E-state index is 13.6. The molecule has 0 saturated carbocycles. The van der Waals surface area contributed by atoms with E-state index in [1.807, 2.05) is 42.5 Å². The summed E-state index contributed by atoms with van der Waals surface area (Å²) in [7, 11) is 1.58. The number of nitrogens with zero attached hydrogens (tertiary/aromatic N) is 1. The number of aliphatic carboxylic acids is 1. The van der Waals surface area contributed by atoms with E-state index in [2.05, 4.69) is 17.4 Å². The first-order chi connectivity index (χ1) is 21.2. The number of carboxylic acid groups (broad SMARTS) is 1. The summed E-state index contributed by atoms with van der Waals surface area (Å²) in [5.41, 5.74) is 5.02. The molecule has 0 bridgehead atoms. The number of fused-ring (bicyclic) bond motifs is 3. The molecular formula is C35H36N2O7. The van der Waals surface area contributed by atoms with Gasteiger partial charge in [-0.15, -0.1) is 0 Å². The molecule has 1 aliphatic carbocycles. The van der Waals surface area contributed by atoms with Crippen LogP contribution in [0.2, 0.25) is 0 Å². The monoisotopic (exact) mass is 596 g/mol. The van der Waals surface area contributed by atoms with Crippen molar-refractivity contribution in [2.75, 3.05) is 13.7 Å². The third-order valence-corrected chi connectivity index (χ3v) is 8.42. The van der Waals surface area contributed by atoms with Crippen molar-refractivity contribution in [3.05, 3.63) is 108 Å². The van der Waals surface area contributed by atoms with Gasteiger partial charge in [-0.2, -0.15) is 0 Å². The summed E-state index contributed by atoms with van der Waals surface area (Å²) in [5.74, 6) is -3.04. The van der Waals surface area contributed by atoms with Gasteiger partial charge in [-0.05, 0) is 47.6 Å². The lowest BCUT2D eigenvalue weighted by Crippen LogP contribution is -2.47. The predicted molar refractivity (Wildman–Crippen MR) is 164 cm³/mol. The molecule has 9 nitrogen and oxygen atoms in total. The Labute approximate surface area is 256 Å². The molecule has 44 heavy (non-hydrogen) atoms. The van der Waals surface area contributed by atoms with Gasteiger partial charge in [-0.3, -0.25) is 9.59 Å². The molecule has 0 fully saturated rings. The van der Waals surface area contributed by atoms with Crippen molar-refractivity contribution in [1.82, 2.24) is 10.2 Å². The number of alkyl carbamates (subject to hydrolysis) is 1. The fourth-order valence-electron chi connectivity index (χ4n) is 5.96. The fraction of sp³-hybridized carbons (Fsp3) is 0.314. The maximum Gasteiger partial charge on any atom is 0.407 e. The number of hydrogen-bond donors (Lipinski definition) is 2. The molecule has 1 heterocycles. The Kier molecular flexibility index (Phi) is 9.43. The number of hydrogen-bond acceptors (Lipinski definition) is 6. The molecule has 0 radical (unpaired) electrons. The van der Waals surface area contributed by atoms with Gasteiger partial charge in [0, 0.05) is 13.0 Å². The second-order valence-corrected chi connectivity index (χ2v) is 11.2. The number of cyclic esters (lactones) is 1. The van der Waals surface area contributed by atoms with Crippen LogP contribution in [0.5, 0.6) is 0 Å². The summed E-state index contributed by atoms with van der Waals surface area (Å²) in [6, 6.07) is 23.4. The number of carbonyl (C=O) groups is 4. The molecule has 0 saturated heterocycles. The highest BCUT2D eigenvalue weighted by Crippen LogP contribution is 2.44. The van der Waals surface area contributed by atoms with E-state index in [9.17, 15) is 24.3 Å². The van der Waals surface area contributed by atoms with Crippen LogP contribution in [0, 0.1) is 5.92 Å². The van der Waals surface area contributed by atoms with Gasteiger partial charge in [0.15, 0.2) is 0 Å². The van der Waals surface area contributed by atoms with Crippen molar-refractivity contribution < 1.29 is 33.8 Å². The lowest BCUT2D eigenvalue weighted by Gasteiger charge is -2.34. The summed E-state index contributed by atoms with van der Waals surface area (Å²) in [4.78, 5) is 53.0. The van der Waals surface area contributed by atoms with Gasteiger partial charge in [0.2, 0.25) is 5.91 Å². The average Bonchev–Trinajstić information content (AvgIpc) is 3.35. The first-order valence-electron chi connectivity index (χ1n) is 14.7. The number of allylic oxidation sites excluding steroid dienone is 1. The number of likely N-dealkylation sites (N-methyl/N-ethyl adjacent to an activating group) is 1. The topological polar surface area (TPSA) is 122 Å². The van der Waals surface area contributed by atoms with Crippen LogP contribution in [0.25, 0.3) is 11.1 Å². The van der Waals surface area contributed by atoms with E-state index in [1.54, 1.807) is 50.4 Å². The molecule has 3 aromatic rings. The van der Waals surface area contributed by atoms with E-state index < -0.39 is 42.1 Å². The predicted octanol–water partition coefficient (Wildman–Crippen LogP) is 5.47. The zero-order valence-corrected chi connectivity index (χ0v) is 24.7. The Morgan fingerprint density at radius 1 is 0.909 bits per heavy atom. The lowest BCUT2D eigenvalue weighted by atomic mass is 9.95. The summed E-state index contributed by atoms with van der Waals surface area (Å²) < 4.78 is 11.7. The number of rotatable bonds is 6. The van der Waals surface area contributed by atoms with Crippen molar-refractivity contribution in [1.29, 1.82) is 0 Å². The maximum absolute atomic E-state index is 13.6. The van der Waals surface area contributed by atoms with Crippen LogP contribution >= 0.6 is 0 Å². The summed E-state index contributed by atoms with van der Waals surface area (Å²) in [5, 5.41) is 12.1. The molecule has 2 N–H and O–H groups in total. The van der Waals surface area contributed by atoms with E-state index in [-0.39, 0.29) is 37.7 Å².